The first-order valence-electron chi connectivity index (χ1n) is 11.4. The van der Waals surface area contributed by atoms with Crippen LogP contribution in [-0.4, -0.2) is 35.5 Å². The van der Waals surface area contributed by atoms with E-state index in [1.54, 1.807) is 12.0 Å². The fourth-order valence-electron chi connectivity index (χ4n) is 5.62. The first kappa shape index (κ1) is 20.5. The number of methoxy groups -OCH3 is 1. The summed E-state index contributed by atoms with van der Waals surface area (Å²) in [6, 6.07) is 23.2. The molecule has 0 bridgehead atoms. The summed E-state index contributed by atoms with van der Waals surface area (Å²) in [5.41, 5.74) is 4.21. The third-order valence-electron chi connectivity index (χ3n) is 7.30. The zero-order chi connectivity index (χ0) is 23.6. The molecule has 6 heteroatoms. The third-order valence-corrected chi connectivity index (χ3v) is 7.30. The van der Waals surface area contributed by atoms with E-state index in [4.69, 9.17) is 4.74 Å². The Bertz CT molecular complexity index is 1470. The number of nitrogens with one attached hydrogen (secondary N) is 1. The predicted molar refractivity (Wildman–Crippen MR) is 131 cm³/mol. The van der Waals surface area contributed by atoms with Gasteiger partial charge in [-0.3, -0.25) is 4.79 Å². The minimum absolute atomic E-state index is 0.149. The second-order valence-electron chi connectivity index (χ2n) is 9.20. The van der Waals surface area contributed by atoms with Crippen molar-refractivity contribution in [2.75, 3.05) is 18.6 Å². The van der Waals surface area contributed by atoms with Gasteiger partial charge >= 0.3 is 6.03 Å². The normalized spacial score (nSPS) is 21.7. The van der Waals surface area contributed by atoms with Gasteiger partial charge in [-0.05, 0) is 49.2 Å². The van der Waals surface area contributed by atoms with E-state index in [1.807, 2.05) is 80.6 Å². The Kier molecular flexibility index (Phi) is 4.36. The number of para-hydroxylation sites is 2. The van der Waals surface area contributed by atoms with Crippen molar-refractivity contribution < 1.29 is 14.3 Å². The molecule has 3 amide bonds. The Hall–Kier alpha value is -4.06. The summed E-state index contributed by atoms with van der Waals surface area (Å²) in [6.07, 6.45) is 0. The van der Waals surface area contributed by atoms with Crippen LogP contribution in [0.25, 0.3) is 10.9 Å². The molecule has 34 heavy (non-hydrogen) atoms. The lowest BCUT2D eigenvalue weighted by molar-refractivity contribution is -0.125. The molecule has 4 aromatic rings. The third kappa shape index (κ3) is 2.62. The molecule has 1 fully saturated rings. The van der Waals surface area contributed by atoms with E-state index >= 15 is 0 Å². The van der Waals surface area contributed by atoms with Crippen molar-refractivity contribution >= 4 is 28.5 Å². The number of hydrogen-bond donors (Lipinski definition) is 1. The van der Waals surface area contributed by atoms with E-state index in [1.165, 1.54) is 4.90 Å². The SMILES string of the molecule is COc1ccccc1[C@H]1CN2C(=O)N(c3cccc(C)c3)C(=O)[C@]2(C)c2[nH]c3ccccc3c21. The second-order valence-corrected chi connectivity index (χ2v) is 9.20. The van der Waals surface area contributed by atoms with Crippen LogP contribution >= 0.6 is 0 Å². The summed E-state index contributed by atoms with van der Waals surface area (Å²) in [5, 5.41) is 1.06. The molecule has 0 saturated carbocycles. The average molecular weight is 452 g/mol. The predicted octanol–water partition coefficient (Wildman–Crippen LogP) is 5.31. The van der Waals surface area contributed by atoms with Crippen molar-refractivity contribution in [3.8, 4) is 5.75 Å². The van der Waals surface area contributed by atoms with Gasteiger partial charge in [0, 0.05) is 28.9 Å². The topological polar surface area (TPSA) is 65.6 Å². The lowest BCUT2D eigenvalue weighted by atomic mass is 9.78. The van der Waals surface area contributed by atoms with E-state index < -0.39 is 5.54 Å². The minimum Gasteiger partial charge on any atom is -0.496 e. The molecule has 2 atom stereocenters. The number of H-pyrrole nitrogens is 1. The van der Waals surface area contributed by atoms with Crippen LogP contribution in [0.3, 0.4) is 0 Å². The molecule has 1 saturated heterocycles. The van der Waals surface area contributed by atoms with Crippen molar-refractivity contribution in [1.29, 1.82) is 0 Å². The molecule has 170 valence electrons. The van der Waals surface area contributed by atoms with E-state index in [0.717, 1.165) is 39.0 Å². The number of urea groups is 1. The number of carbonyl (C=O) groups is 2. The fourth-order valence-corrected chi connectivity index (χ4v) is 5.62. The standard InChI is InChI=1S/C28H25N3O3/c1-17-9-8-10-18(15-17)31-26(32)28(2)25-24(20-12-4-6-13-22(20)29-25)21(16-30(28)27(31)33)19-11-5-7-14-23(19)34-3/h4-15,21,29H,16H2,1-3H3/t21-,28+/m1/s1. The molecule has 1 aromatic heterocycles. The molecular formula is C28H25N3O3. The molecule has 3 aromatic carbocycles. The largest absolute Gasteiger partial charge is 0.496 e. The van der Waals surface area contributed by atoms with Gasteiger partial charge in [0.1, 0.15) is 5.75 Å². The van der Waals surface area contributed by atoms with E-state index in [2.05, 4.69) is 11.1 Å². The summed E-state index contributed by atoms with van der Waals surface area (Å²) in [4.78, 5) is 34.4. The first-order chi connectivity index (χ1) is 16.4. The highest BCUT2D eigenvalue weighted by Gasteiger charge is 2.60. The average Bonchev–Trinajstić information content (AvgIpc) is 3.33. The maximum Gasteiger partial charge on any atom is 0.332 e. The number of aromatic nitrogens is 1. The molecule has 0 aliphatic carbocycles. The van der Waals surface area contributed by atoms with Crippen LogP contribution in [0.2, 0.25) is 0 Å². The molecule has 0 spiro atoms. The molecule has 0 radical (unpaired) electrons. The van der Waals surface area contributed by atoms with Gasteiger partial charge < -0.3 is 14.6 Å². The minimum atomic E-state index is -1.13. The Morgan fingerprint density at radius 3 is 2.56 bits per heavy atom. The van der Waals surface area contributed by atoms with Gasteiger partial charge in [0.05, 0.1) is 18.5 Å². The number of amides is 3. The quantitative estimate of drug-likeness (QED) is 0.429. The number of fused-ring (bicyclic) bond motifs is 5. The number of aryl methyl sites for hydroxylation is 1. The second kappa shape index (κ2) is 7.22. The van der Waals surface area contributed by atoms with Crippen LogP contribution in [0.15, 0.2) is 72.8 Å². The fraction of sp³-hybridized carbons (Fsp3) is 0.214. The smallest absolute Gasteiger partial charge is 0.332 e. The van der Waals surface area contributed by atoms with Gasteiger partial charge in [-0.2, -0.15) is 0 Å². The number of carbonyl (C=O) groups excluding carboxylic acids is 2. The van der Waals surface area contributed by atoms with Crippen LogP contribution in [0, 0.1) is 6.92 Å². The molecule has 0 unspecified atom stereocenters. The number of imide groups is 1. The highest BCUT2D eigenvalue weighted by Crippen LogP contribution is 2.51. The summed E-state index contributed by atoms with van der Waals surface area (Å²) in [6.45, 7) is 4.19. The highest BCUT2D eigenvalue weighted by atomic mass is 16.5. The van der Waals surface area contributed by atoms with Gasteiger partial charge in [-0.25, -0.2) is 9.69 Å². The maximum absolute atomic E-state index is 14.0. The molecule has 1 N–H and O–H groups in total. The molecule has 6 nitrogen and oxygen atoms in total. The number of ether oxygens (including phenoxy) is 1. The van der Waals surface area contributed by atoms with Crippen LogP contribution in [0.5, 0.6) is 5.75 Å². The van der Waals surface area contributed by atoms with Crippen molar-refractivity contribution in [1.82, 2.24) is 9.88 Å². The Balaban J connectivity index is 1.60. The summed E-state index contributed by atoms with van der Waals surface area (Å²) in [5.74, 6) is 0.375. The molecule has 2 aliphatic heterocycles. The molecule has 2 aliphatic rings. The van der Waals surface area contributed by atoms with Crippen molar-refractivity contribution in [3.05, 3.63) is 95.2 Å². The maximum atomic E-state index is 14.0. The lowest BCUT2D eigenvalue weighted by Crippen LogP contribution is -2.50. The van der Waals surface area contributed by atoms with E-state index in [0.29, 0.717) is 12.2 Å². The number of nitrogens with zero attached hydrogens (tertiary/aromatic N) is 2. The number of hydrogen-bond acceptors (Lipinski definition) is 3. The van der Waals surface area contributed by atoms with E-state index in [-0.39, 0.29) is 17.9 Å². The first-order valence-corrected chi connectivity index (χ1v) is 11.4. The van der Waals surface area contributed by atoms with Crippen LogP contribution in [-0.2, 0) is 10.3 Å². The van der Waals surface area contributed by atoms with Crippen LogP contribution in [0.4, 0.5) is 10.5 Å². The van der Waals surface area contributed by atoms with Gasteiger partial charge in [0.15, 0.2) is 5.54 Å². The number of benzene rings is 3. The van der Waals surface area contributed by atoms with Gasteiger partial charge in [0.25, 0.3) is 5.91 Å². The number of anilines is 1. The molecule has 3 heterocycles. The van der Waals surface area contributed by atoms with Crippen LogP contribution in [0.1, 0.15) is 35.2 Å². The van der Waals surface area contributed by atoms with Crippen molar-refractivity contribution in [2.24, 2.45) is 0 Å². The van der Waals surface area contributed by atoms with Crippen LogP contribution < -0.4 is 9.64 Å². The van der Waals surface area contributed by atoms with E-state index in [9.17, 15) is 9.59 Å². The summed E-state index contributed by atoms with van der Waals surface area (Å²) < 4.78 is 5.70. The lowest BCUT2D eigenvalue weighted by Gasteiger charge is -2.40. The zero-order valence-electron chi connectivity index (χ0n) is 19.3. The summed E-state index contributed by atoms with van der Waals surface area (Å²) >= 11 is 0. The highest BCUT2D eigenvalue weighted by molar-refractivity contribution is 6.23. The number of rotatable bonds is 3. The van der Waals surface area contributed by atoms with Crippen molar-refractivity contribution in [2.45, 2.75) is 25.3 Å². The monoisotopic (exact) mass is 451 g/mol. The molecular weight excluding hydrogens is 426 g/mol. The van der Waals surface area contributed by atoms with Gasteiger partial charge in [0.2, 0.25) is 0 Å². The van der Waals surface area contributed by atoms with Gasteiger partial charge in [-0.1, -0.05) is 48.5 Å². The number of aromatic amines is 1. The Morgan fingerprint density at radius 2 is 1.76 bits per heavy atom. The molecule has 6 rings (SSSR count). The summed E-state index contributed by atoms with van der Waals surface area (Å²) in [7, 11) is 1.66. The Morgan fingerprint density at radius 1 is 1.00 bits per heavy atom. The van der Waals surface area contributed by atoms with Gasteiger partial charge in [-0.15, -0.1) is 0 Å². The zero-order valence-corrected chi connectivity index (χ0v) is 19.3. The van der Waals surface area contributed by atoms with Crippen molar-refractivity contribution in [3.63, 3.8) is 0 Å². The Labute approximate surface area is 197 Å².